The zero-order valence-corrected chi connectivity index (χ0v) is 22.9. The molecule has 1 atom stereocenters. The highest BCUT2D eigenvalue weighted by atomic mass is 32.1. The van der Waals surface area contributed by atoms with Crippen LogP contribution in [0.3, 0.4) is 0 Å². The number of rotatable bonds is 11. The molecule has 1 unspecified atom stereocenters. The smallest absolute Gasteiger partial charge is 0.264 e. The molecule has 0 spiro atoms. The first-order valence-electron chi connectivity index (χ1n) is 12.8. The highest BCUT2D eigenvalue weighted by Gasteiger charge is 2.26. The van der Waals surface area contributed by atoms with Crippen molar-refractivity contribution in [3.63, 3.8) is 0 Å². The van der Waals surface area contributed by atoms with Gasteiger partial charge in [-0.1, -0.05) is 43.3 Å². The number of carbonyl (C=O) groups excluding carboxylic acids is 2. The highest BCUT2D eigenvalue weighted by molar-refractivity contribution is 7.12. The summed E-state index contributed by atoms with van der Waals surface area (Å²) in [7, 11) is 4.03. The number of nitrogens with zero attached hydrogens (tertiary/aromatic N) is 3. The molecule has 0 saturated carbocycles. The number of thiophene rings is 1. The number of benzene rings is 2. The molecule has 0 aliphatic rings. The van der Waals surface area contributed by atoms with Gasteiger partial charge in [-0.05, 0) is 60.5 Å². The van der Waals surface area contributed by atoms with E-state index >= 15 is 0 Å². The lowest BCUT2D eigenvalue weighted by molar-refractivity contribution is -0.133. The maximum atomic E-state index is 13.8. The Bertz CT molecular complexity index is 1310. The van der Waals surface area contributed by atoms with Crippen LogP contribution in [0, 0.1) is 0 Å². The number of amides is 2. The summed E-state index contributed by atoms with van der Waals surface area (Å²) in [4.78, 5) is 36.7. The molecule has 0 bridgehead atoms. The molecule has 4 rings (SSSR count). The van der Waals surface area contributed by atoms with Gasteiger partial charge in [0.2, 0.25) is 5.91 Å². The summed E-state index contributed by atoms with van der Waals surface area (Å²) < 4.78 is 0. The van der Waals surface area contributed by atoms with Crippen molar-refractivity contribution in [2.75, 3.05) is 32.1 Å². The Balaban J connectivity index is 1.56. The zero-order valence-electron chi connectivity index (χ0n) is 22.1. The van der Waals surface area contributed by atoms with Crippen molar-refractivity contribution in [3.8, 4) is 0 Å². The minimum Gasteiger partial charge on any atom is -0.378 e. The number of H-pyrrole nitrogens is 1. The fourth-order valence-electron chi connectivity index (χ4n) is 4.44. The standard InChI is InChI=1S/C30H36N4O2S/c1-5-22(2)34(30(36)28-11-8-18-37-28)21-29(35)33(20-23-12-14-25(15-13-23)32(3)4)17-16-24-19-31-27-10-7-6-9-26(24)27/h6-15,18-19,22,31H,5,16-17,20-21H2,1-4H3. The summed E-state index contributed by atoms with van der Waals surface area (Å²) in [5.74, 6) is -0.119. The lowest BCUT2D eigenvalue weighted by Gasteiger charge is -2.31. The van der Waals surface area contributed by atoms with E-state index < -0.39 is 0 Å². The van der Waals surface area contributed by atoms with Gasteiger partial charge in [-0.25, -0.2) is 0 Å². The van der Waals surface area contributed by atoms with Gasteiger partial charge in [-0.3, -0.25) is 9.59 Å². The van der Waals surface area contributed by atoms with E-state index in [0.717, 1.165) is 29.6 Å². The maximum absolute atomic E-state index is 13.8. The second-order valence-corrected chi connectivity index (χ2v) is 10.6. The highest BCUT2D eigenvalue weighted by Crippen LogP contribution is 2.21. The number of carbonyl (C=O) groups is 2. The topological polar surface area (TPSA) is 59.7 Å². The Kier molecular flexibility index (Phi) is 8.66. The van der Waals surface area contributed by atoms with Crippen LogP contribution >= 0.6 is 11.3 Å². The molecule has 2 amide bonds. The minimum atomic E-state index is -0.0791. The van der Waals surface area contributed by atoms with E-state index in [1.807, 2.05) is 68.7 Å². The monoisotopic (exact) mass is 516 g/mol. The van der Waals surface area contributed by atoms with Crippen molar-refractivity contribution in [1.82, 2.24) is 14.8 Å². The zero-order chi connectivity index (χ0) is 26.4. The van der Waals surface area contributed by atoms with Gasteiger partial charge in [0.1, 0.15) is 6.54 Å². The Hall–Kier alpha value is -3.58. The molecule has 4 aromatic rings. The third-order valence-electron chi connectivity index (χ3n) is 6.93. The fraction of sp³-hybridized carbons (Fsp3) is 0.333. The van der Waals surface area contributed by atoms with Crippen LogP contribution in [-0.2, 0) is 17.8 Å². The summed E-state index contributed by atoms with van der Waals surface area (Å²) in [5.41, 5.74) is 4.46. The number of para-hydroxylation sites is 1. The molecule has 2 aromatic heterocycles. The van der Waals surface area contributed by atoms with Crippen molar-refractivity contribution >= 4 is 39.7 Å². The average Bonchev–Trinajstić information content (AvgIpc) is 3.59. The van der Waals surface area contributed by atoms with Crippen molar-refractivity contribution in [2.24, 2.45) is 0 Å². The predicted molar refractivity (Wildman–Crippen MR) is 153 cm³/mol. The van der Waals surface area contributed by atoms with Crippen molar-refractivity contribution < 1.29 is 9.59 Å². The Morgan fingerprint density at radius 3 is 2.43 bits per heavy atom. The number of hydrogen-bond acceptors (Lipinski definition) is 4. The first kappa shape index (κ1) is 26.5. The van der Waals surface area contributed by atoms with Crippen molar-refractivity contribution in [1.29, 1.82) is 0 Å². The average molecular weight is 517 g/mol. The Labute approximate surface area is 223 Å². The molecule has 0 aliphatic carbocycles. The van der Waals surface area contributed by atoms with Gasteiger partial charge >= 0.3 is 0 Å². The van der Waals surface area contributed by atoms with Crippen LogP contribution in [-0.4, -0.2) is 59.8 Å². The van der Waals surface area contributed by atoms with E-state index in [0.29, 0.717) is 18.0 Å². The number of hydrogen-bond donors (Lipinski definition) is 1. The Morgan fingerprint density at radius 2 is 1.76 bits per heavy atom. The molecule has 0 aliphatic heterocycles. The van der Waals surface area contributed by atoms with Crippen molar-refractivity contribution in [3.05, 3.63) is 88.2 Å². The molecular formula is C30H36N4O2S. The number of aromatic nitrogens is 1. The van der Waals surface area contributed by atoms with E-state index in [4.69, 9.17) is 0 Å². The van der Waals surface area contributed by atoms with Crippen LogP contribution in [0.4, 0.5) is 5.69 Å². The lowest BCUT2D eigenvalue weighted by atomic mass is 10.1. The summed E-state index contributed by atoms with van der Waals surface area (Å²) in [6.07, 6.45) is 3.55. The lowest BCUT2D eigenvalue weighted by Crippen LogP contribution is -2.46. The van der Waals surface area contributed by atoms with Gasteiger partial charge in [-0.15, -0.1) is 11.3 Å². The third-order valence-corrected chi connectivity index (χ3v) is 7.78. The molecule has 6 nitrogen and oxygen atoms in total. The molecule has 2 aromatic carbocycles. The molecule has 0 radical (unpaired) electrons. The maximum Gasteiger partial charge on any atom is 0.264 e. The van der Waals surface area contributed by atoms with Crippen LogP contribution in [0.25, 0.3) is 10.9 Å². The molecule has 2 heterocycles. The van der Waals surface area contributed by atoms with E-state index in [2.05, 4.69) is 46.3 Å². The first-order chi connectivity index (χ1) is 17.9. The molecule has 7 heteroatoms. The number of anilines is 1. The predicted octanol–water partition coefficient (Wildman–Crippen LogP) is 5.81. The first-order valence-corrected chi connectivity index (χ1v) is 13.7. The van der Waals surface area contributed by atoms with Gasteiger partial charge < -0.3 is 19.7 Å². The quantitative estimate of drug-likeness (QED) is 0.274. The van der Waals surface area contributed by atoms with E-state index in [1.54, 1.807) is 4.90 Å². The van der Waals surface area contributed by atoms with Crippen LogP contribution in [0.5, 0.6) is 0 Å². The molecule has 37 heavy (non-hydrogen) atoms. The van der Waals surface area contributed by atoms with E-state index in [1.165, 1.54) is 22.3 Å². The number of nitrogens with one attached hydrogen (secondary N) is 1. The van der Waals surface area contributed by atoms with Gasteiger partial charge in [0.15, 0.2) is 0 Å². The SMILES string of the molecule is CCC(C)N(CC(=O)N(CCc1c[nH]c2ccccc12)Cc1ccc(N(C)C)cc1)C(=O)c1cccs1. The van der Waals surface area contributed by atoms with Gasteiger partial charge in [0.25, 0.3) is 5.91 Å². The molecule has 1 N–H and O–H groups in total. The number of aromatic amines is 1. The van der Waals surface area contributed by atoms with Crippen LogP contribution < -0.4 is 4.90 Å². The van der Waals surface area contributed by atoms with Crippen LogP contribution in [0.2, 0.25) is 0 Å². The van der Waals surface area contributed by atoms with E-state index in [9.17, 15) is 9.59 Å². The summed E-state index contributed by atoms with van der Waals surface area (Å²) in [6.45, 7) is 5.18. The van der Waals surface area contributed by atoms with E-state index in [-0.39, 0.29) is 24.4 Å². The molecule has 0 fully saturated rings. The second-order valence-electron chi connectivity index (χ2n) is 9.65. The summed E-state index contributed by atoms with van der Waals surface area (Å²) in [5, 5.41) is 3.08. The third kappa shape index (κ3) is 6.41. The fourth-order valence-corrected chi connectivity index (χ4v) is 5.12. The van der Waals surface area contributed by atoms with Crippen LogP contribution in [0.1, 0.15) is 41.1 Å². The molecule has 194 valence electrons. The molecular weight excluding hydrogens is 480 g/mol. The summed E-state index contributed by atoms with van der Waals surface area (Å²) in [6, 6.07) is 20.2. The normalized spacial score (nSPS) is 11.9. The minimum absolute atomic E-state index is 0.0339. The molecule has 0 saturated heterocycles. The van der Waals surface area contributed by atoms with Gasteiger partial charge in [0.05, 0.1) is 4.88 Å². The van der Waals surface area contributed by atoms with Crippen LogP contribution in [0.15, 0.2) is 72.2 Å². The van der Waals surface area contributed by atoms with Gasteiger partial charge in [-0.2, -0.15) is 0 Å². The second kappa shape index (κ2) is 12.1. The summed E-state index contributed by atoms with van der Waals surface area (Å²) >= 11 is 1.42. The largest absolute Gasteiger partial charge is 0.378 e. The van der Waals surface area contributed by atoms with Crippen molar-refractivity contribution in [2.45, 2.75) is 39.3 Å². The Morgan fingerprint density at radius 1 is 1.00 bits per heavy atom. The number of fused-ring (bicyclic) bond motifs is 1. The van der Waals surface area contributed by atoms with Gasteiger partial charge in [0, 0.05) is 56.0 Å².